The van der Waals surface area contributed by atoms with Gasteiger partial charge in [-0.25, -0.2) is 0 Å². The van der Waals surface area contributed by atoms with Crippen LogP contribution in [-0.2, 0) is 11.2 Å². The molecule has 2 aliphatic carbocycles. The normalized spacial score (nSPS) is 24.4. The highest BCUT2D eigenvalue weighted by atomic mass is 16.3. The Kier molecular flexibility index (Phi) is 3.29. The Bertz CT molecular complexity index is 959. The van der Waals surface area contributed by atoms with E-state index in [0.717, 1.165) is 0 Å². The summed E-state index contributed by atoms with van der Waals surface area (Å²) in [4.78, 5) is 37.3. The Morgan fingerprint density at radius 3 is 2.16 bits per heavy atom. The Hall–Kier alpha value is -2.63. The average Bonchev–Trinajstić information content (AvgIpc) is 2.58. The third-order valence-electron chi connectivity index (χ3n) is 5.21. The van der Waals surface area contributed by atoms with Gasteiger partial charge in [-0.2, -0.15) is 0 Å². The van der Waals surface area contributed by atoms with E-state index in [2.05, 4.69) is 0 Å². The summed E-state index contributed by atoms with van der Waals surface area (Å²) >= 11 is 0. The number of benzene rings is 2. The van der Waals surface area contributed by atoms with Crippen molar-refractivity contribution in [1.82, 2.24) is 0 Å². The van der Waals surface area contributed by atoms with Crippen LogP contribution in [0.25, 0.3) is 0 Å². The van der Waals surface area contributed by atoms with Crippen LogP contribution in [0.4, 0.5) is 0 Å². The molecule has 0 spiro atoms. The molecule has 0 radical (unpaired) electrons. The van der Waals surface area contributed by atoms with Crippen LogP contribution in [0.3, 0.4) is 0 Å². The fourth-order valence-electron chi connectivity index (χ4n) is 3.75. The van der Waals surface area contributed by atoms with Crippen molar-refractivity contribution in [2.45, 2.75) is 31.5 Å². The van der Waals surface area contributed by atoms with Crippen LogP contribution in [0.2, 0.25) is 0 Å². The maximum absolute atomic E-state index is 12.8. The van der Waals surface area contributed by atoms with Gasteiger partial charge in [0.1, 0.15) is 5.60 Å². The van der Waals surface area contributed by atoms with Gasteiger partial charge in [0.15, 0.2) is 17.3 Å². The molecule has 4 rings (SSSR count). The number of fused-ring (bicyclic) bond motifs is 3. The van der Waals surface area contributed by atoms with E-state index in [-0.39, 0.29) is 35.5 Å². The van der Waals surface area contributed by atoms with E-state index in [4.69, 9.17) is 0 Å². The molecule has 2 aromatic carbocycles. The zero-order valence-corrected chi connectivity index (χ0v) is 13.6. The molecular weight excluding hydrogens is 320 g/mol. The average molecular weight is 336 g/mol. The zero-order valence-electron chi connectivity index (χ0n) is 13.6. The van der Waals surface area contributed by atoms with Crippen molar-refractivity contribution in [2.75, 3.05) is 0 Å². The molecule has 0 amide bonds. The molecule has 2 aromatic rings. The van der Waals surface area contributed by atoms with Crippen LogP contribution < -0.4 is 0 Å². The molecular formula is C20H16O5. The quantitative estimate of drug-likeness (QED) is 0.706. The van der Waals surface area contributed by atoms with Gasteiger partial charge >= 0.3 is 0 Å². The number of aliphatic hydroxyl groups excluding tert-OH is 1. The van der Waals surface area contributed by atoms with Crippen LogP contribution in [0.15, 0.2) is 36.4 Å². The van der Waals surface area contributed by atoms with Crippen LogP contribution in [-0.4, -0.2) is 33.2 Å². The predicted octanol–water partition coefficient (Wildman–Crippen LogP) is 1.76. The summed E-state index contributed by atoms with van der Waals surface area (Å²) in [7, 11) is 0. The molecule has 2 atom stereocenters. The molecule has 25 heavy (non-hydrogen) atoms. The summed E-state index contributed by atoms with van der Waals surface area (Å²) in [5.41, 5.74) is 0.571. The lowest BCUT2D eigenvalue weighted by atomic mass is 9.73. The van der Waals surface area contributed by atoms with Crippen LogP contribution >= 0.6 is 0 Å². The second-order valence-electron chi connectivity index (χ2n) is 6.78. The number of rotatable bonds is 1. The maximum atomic E-state index is 12.8. The molecule has 0 aliphatic heterocycles. The highest BCUT2D eigenvalue weighted by molar-refractivity contribution is 6.28. The third kappa shape index (κ3) is 2.20. The molecule has 5 nitrogen and oxygen atoms in total. The van der Waals surface area contributed by atoms with Gasteiger partial charge in [0, 0.05) is 35.1 Å². The molecule has 2 aliphatic rings. The first kappa shape index (κ1) is 15.9. The molecule has 5 heteroatoms. The summed E-state index contributed by atoms with van der Waals surface area (Å²) in [6, 6.07) is 9.70. The molecule has 0 aromatic heterocycles. The lowest BCUT2D eigenvalue weighted by molar-refractivity contribution is -0.139. The number of carbonyl (C=O) groups is 3. The molecule has 0 fully saturated rings. The van der Waals surface area contributed by atoms with Crippen molar-refractivity contribution >= 4 is 17.3 Å². The van der Waals surface area contributed by atoms with Crippen molar-refractivity contribution < 1.29 is 24.6 Å². The Morgan fingerprint density at radius 2 is 1.60 bits per heavy atom. The van der Waals surface area contributed by atoms with E-state index in [1.165, 1.54) is 19.1 Å². The lowest BCUT2D eigenvalue weighted by Gasteiger charge is -2.35. The molecule has 126 valence electrons. The Morgan fingerprint density at radius 1 is 1.04 bits per heavy atom. The fourth-order valence-corrected chi connectivity index (χ4v) is 3.75. The summed E-state index contributed by atoms with van der Waals surface area (Å²) in [5, 5.41) is 20.9. The molecule has 0 heterocycles. The summed E-state index contributed by atoms with van der Waals surface area (Å²) in [6.07, 6.45) is -1.17. The van der Waals surface area contributed by atoms with E-state index in [9.17, 15) is 24.6 Å². The van der Waals surface area contributed by atoms with Crippen LogP contribution in [0, 0.1) is 0 Å². The molecule has 0 saturated heterocycles. The van der Waals surface area contributed by atoms with Gasteiger partial charge in [-0.05, 0) is 30.2 Å². The second-order valence-corrected chi connectivity index (χ2v) is 6.78. The Labute approximate surface area is 143 Å². The first-order valence-electron chi connectivity index (χ1n) is 8.08. The van der Waals surface area contributed by atoms with E-state index in [1.54, 1.807) is 24.3 Å². The summed E-state index contributed by atoms with van der Waals surface area (Å²) in [6.45, 7) is 1.28. The van der Waals surface area contributed by atoms with Crippen LogP contribution in [0.1, 0.15) is 62.4 Å². The van der Waals surface area contributed by atoms with Gasteiger partial charge < -0.3 is 10.2 Å². The van der Waals surface area contributed by atoms with Crippen molar-refractivity contribution in [3.8, 4) is 0 Å². The predicted molar refractivity (Wildman–Crippen MR) is 88.7 cm³/mol. The van der Waals surface area contributed by atoms with Crippen LogP contribution in [0.5, 0.6) is 0 Å². The zero-order chi connectivity index (χ0) is 17.9. The third-order valence-corrected chi connectivity index (χ3v) is 5.21. The molecule has 0 unspecified atom stereocenters. The monoisotopic (exact) mass is 336 g/mol. The summed E-state index contributed by atoms with van der Waals surface area (Å²) in [5.74, 6) is -0.949. The standard InChI is InChI=1S/C20H16O5/c1-10(21)20(25)8-11-6-15-16(7-14(11)17(22)9-20)19(24)13-5-3-2-4-12(13)18(15)23/h2-7,17,22,25H,8-9H2,1H3/t17-,20-/m0/s1. The van der Waals surface area contributed by atoms with Gasteiger partial charge in [0.05, 0.1) is 6.10 Å². The number of aliphatic hydroxyl groups is 2. The topological polar surface area (TPSA) is 91.7 Å². The maximum Gasteiger partial charge on any atom is 0.194 e. The van der Waals surface area contributed by atoms with E-state index in [0.29, 0.717) is 22.3 Å². The van der Waals surface area contributed by atoms with E-state index >= 15 is 0 Å². The minimum absolute atomic E-state index is 0.0190. The fraction of sp³-hybridized carbons (Fsp3) is 0.250. The van der Waals surface area contributed by atoms with E-state index in [1.807, 2.05) is 0 Å². The van der Waals surface area contributed by atoms with Gasteiger partial charge in [-0.15, -0.1) is 0 Å². The minimum atomic E-state index is -1.65. The number of Topliss-reactive ketones (excluding diaryl/α,β-unsaturated/α-hetero) is 1. The van der Waals surface area contributed by atoms with Crippen molar-refractivity contribution in [2.24, 2.45) is 0 Å². The van der Waals surface area contributed by atoms with Gasteiger partial charge in [0.25, 0.3) is 0 Å². The van der Waals surface area contributed by atoms with Gasteiger partial charge in [0.2, 0.25) is 0 Å². The SMILES string of the molecule is CC(=O)[C@]1(O)Cc2cc3c(cc2[C@@H](O)C1)C(=O)c1ccccc1C3=O. The summed E-state index contributed by atoms with van der Waals surface area (Å²) < 4.78 is 0. The van der Waals surface area contributed by atoms with Gasteiger partial charge in [-0.1, -0.05) is 24.3 Å². The number of ketones is 3. The van der Waals surface area contributed by atoms with E-state index < -0.39 is 17.5 Å². The Balaban J connectivity index is 1.90. The van der Waals surface area contributed by atoms with Crippen molar-refractivity contribution in [3.05, 3.63) is 69.8 Å². The lowest BCUT2D eigenvalue weighted by Crippen LogP contribution is -2.44. The molecule has 2 N–H and O–H groups in total. The second kappa shape index (κ2) is 5.18. The largest absolute Gasteiger partial charge is 0.388 e. The molecule has 0 saturated carbocycles. The molecule has 0 bridgehead atoms. The smallest absolute Gasteiger partial charge is 0.194 e. The number of hydrogen-bond acceptors (Lipinski definition) is 5. The first-order valence-corrected chi connectivity index (χ1v) is 8.08. The van der Waals surface area contributed by atoms with Crippen molar-refractivity contribution in [1.29, 1.82) is 0 Å². The highest BCUT2D eigenvalue weighted by Gasteiger charge is 2.42. The highest BCUT2D eigenvalue weighted by Crippen LogP contribution is 2.39. The minimum Gasteiger partial charge on any atom is -0.388 e. The number of hydrogen-bond donors (Lipinski definition) is 2. The number of carbonyl (C=O) groups excluding carboxylic acids is 3. The van der Waals surface area contributed by atoms with Crippen molar-refractivity contribution in [3.63, 3.8) is 0 Å². The van der Waals surface area contributed by atoms with Gasteiger partial charge in [-0.3, -0.25) is 14.4 Å². The first-order chi connectivity index (χ1) is 11.8.